The minimum absolute atomic E-state index is 0.0447. The summed E-state index contributed by atoms with van der Waals surface area (Å²) in [5, 5.41) is 4.28. The van der Waals surface area contributed by atoms with Crippen LogP contribution in [0.5, 0.6) is 5.75 Å². The molecule has 1 amide bonds. The molecular weight excluding hydrogens is 357 g/mol. The lowest BCUT2D eigenvalue weighted by Crippen LogP contribution is -2.44. The molecule has 3 aromatic rings. The molecule has 0 aliphatic carbocycles. The fraction of sp³-hybridized carbons (Fsp3) is 0.273. The number of carbonyl (C=O) groups is 1. The van der Waals surface area contributed by atoms with Crippen molar-refractivity contribution in [3.63, 3.8) is 0 Å². The molecule has 2 atom stereocenters. The van der Waals surface area contributed by atoms with Crippen LogP contribution in [0.25, 0.3) is 0 Å². The molecular formula is C22H22FN3O2. The van der Waals surface area contributed by atoms with E-state index < -0.39 is 11.9 Å². The number of carbonyl (C=O) groups excluding carboxylic acids is 1. The summed E-state index contributed by atoms with van der Waals surface area (Å²) in [4.78, 5) is 14.8. The third-order valence-electron chi connectivity index (χ3n) is 5.12. The predicted octanol–water partition coefficient (Wildman–Crippen LogP) is 3.50. The molecule has 0 saturated carbocycles. The highest BCUT2D eigenvalue weighted by Crippen LogP contribution is 2.33. The number of hydrogen-bond acceptors (Lipinski definition) is 3. The molecule has 4 rings (SSSR count). The zero-order valence-electron chi connectivity index (χ0n) is 15.9. The number of benzene rings is 2. The van der Waals surface area contributed by atoms with Gasteiger partial charge in [0.25, 0.3) is 5.91 Å². The predicted molar refractivity (Wildman–Crippen MR) is 103 cm³/mol. The van der Waals surface area contributed by atoms with Crippen LogP contribution in [-0.4, -0.2) is 33.2 Å². The molecule has 6 heteroatoms. The number of fused-ring (bicyclic) bond motifs is 1. The Morgan fingerprint density at radius 2 is 1.96 bits per heavy atom. The van der Waals surface area contributed by atoms with Crippen molar-refractivity contribution in [2.75, 3.05) is 6.54 Å². The number of halogens is 1. The lowest BCUT2D eigenvalue weighted by atomic mass is 9.86. The highest BCUT2D eigenvalue weighted by atomic mass is 19.1. The van der Waals surface area contributed by atoms with Gasteiger partial charge in [0.2, 0.25) is 0 Å². The Hall–Kier alpha value is -3.15. The van der Waals surface area contributed by atoms with E-state index >= 15 is 0 Å². The van der Waals surface area contributed by atoms with Gasteiger partial charge in [0.05, 0.1) is 6.20 Å². The van der Waals surface area contributed by atoms with E-state index in [1.807, 2.05) is 37.6 Å². The number of ether oxygens (including phenoxy) is 1. The van der Waals surface area contributed by atoms with Crippen LogP contribution in [-0.2, 0) is 18.4 Å². The van der Waals surface area contributed by atoms with Crippen molar-refractivity contribution in [3.05, 3.63) is 83.4 Å². The number of rotatable bonds is 4. The second-order valence-corrected chi connectivity index (χ2v) is 7.11. The largest absolute Gasteiger partial charge is 0.478 e. The summed E-state index contributed by atoms with van der Waals surface area (Å²) < 4.78 is 21.3. The van der Waals surface area contributed by atoms with Gasteiger partial charge in [-0.05, 0) is 35.7 Å². The molecule has 1 aliphatic rings. The number of para-hydroxylation sites is 1. The number of aryl methyl sites for hydroxylation is 1. The topological polar surface area (TPSA) is 47.4 Å². The van der Waals surface area contributed by atoms with E-state index in [4.69, 9.17) is 4.74 Å². The quantitative estimate of drug-likeness (QED) is 0.697. The molecule has 5 nitrogen and oxygen atoms in total. The standard InChI is InChI=1S/C22H22FN3O2/c1-15(28-21-10-6-5-9-20(21)23)22(27)26-13-16-7-3-4-8-18(16)19(14-26)17-11-24-25(2)12-17/h3-12,15,19H,13-14H2,1-2H3. The molecule has 2 unspecified atom stereocenters. The van der Waals surface area contributed by atoms with E-state index in [0.717, 1.165) is 11.1 Å². The molecule has 28 heavy (non-hydrogen) atoms. The van der Waals surface area contributed by atoms with Gasteiger partial charge in [0.15, 0.2) is 17.7 Å². The highest BCUT2D eigenvalue weighted by Gasteiger charge is 2.32. The Morgan fingerprint density at radius 3 is 2.71 bits per heavy atom. The summed E-state index contributed by atoms with van der Waals surface area (Å²) in [6.45, 7) is 2.71. The SMILES string of the molecule is CC(Oc1ccccc1F)C(=O)N1Cc2ccccc2C(c2cnn(C)c2)C1. The van der Waals surface area contributed by atoms with Crippen LogP contribution in [0.1, 0.15) is 29.5 Å². The van der Waals surface area contributed by atoms with Crippen LogP contribution in [0, 0.1) is 5.82 Å². The summed E-state index contributed by atoms with van der Waals surface area (Å²) in [7, 11) is 1.88. The summed E-state index contributed by atoms with van der Waals surface area (Å²) in [6, 6.07) is 14.3. The molecule has 1 aliphatic heterocycles. The Labute approximate surface area is 163 Å². The van der Waals surface area contributed by atoms with E-state index in [9.17, 15) is 9.18 Å². The maximum Gasteiger partial charge on any atom is 0.263 e. The van der Waals surface area contributed by atoms with Gasteiger partial charge in [-0.15, -0.1) is 0 Å². The molecule has 0 spiro atoms. The van der Waals surface area contributed by atoms with E-state index in [1.165, 1.54) is 17.7 Å². The minimum Gasteiger partial charge on any atom is -0.478 e. The van der Waals surface area contributed by atoms with Crippen molar-refractivity contribution >= 4 is 5.91 Å². The van der Waals surface area contributed by atoms with Gasteiger partial charge in [-0.25, -0.2) is 4.39 Å². The first-order valence-electron chi connectivity index (χ1n) is 9.29. The van der Waals surface area contributed by atoms with Gasteiger partial charge in [-0.3, -0.25) is 9.48 Å². The van der Waals surface area contributed by atoms with Crippen LogP contribution >= 0.6 is 0 Å². The van der Waals surface area contributed by atoms with Gasteiger partial charge >= 0.3 is 0 Å². The zero-order chi connectivity index (χ0) is 19.7. The number of aromatic nitrogens is 2. The first-order chi connectivity index (χ1) is 13.5. The fourth-order valence-corrected chi connectivity index (χ4v) is 3.72. The van der Waals surface area contributed by atoms with Crippen LogP contribution in [0.4, 0.5) is 4.39 Å². The lowest BCUT2D eigenvalue weighted by molar-refractivity contribution is -0.139. The highest BCUT2D eigenvalue weighted by molar-refractivity contribution is 5.81. The molecule has 0 fully saturated rings. The van der Waals surface area contributed by atoms with Crippen molar-refractivity contribution in [2.24, 2.45) is 7.05 Å². The summed E-state index contributed by atoms with van der Waals surface area (Å²) in [5.74, 6) is -0.501. The van der Waals surface area contributed by atoms with Crippen molar-refractivity contribution in [1.29, 1.82) is 0 Å². The lowest BCUT2D eigenvalue weighted by Gasteiger charge is -2.35. The average Bonchev–Trinajstić information content (AvgIpc) is 3.14. The molecule has 0 N–H and O–H groups in total. The van der Waals surface area contributed by atoms with E-state index in [0.29, 0.717) is 13.1 Å². The molecule has 0 saturated heterocycles. The average molecular weight is 379 g/mol. The third kappa shape index (κ3) is 3.50. The Balaban J connectivity index is 1.58. The Morgan fingerprint density at radius 1 is 1.21 bits per heavy atom. The van der Waals surface area contributed by atoms with Crippen molar-refractivity contribution < 1.29 is 13.9 Å². The zero-order valence-corrected chi connectivity index (χ0v) is 15.9. The Bertz CT molecular complexity index is 1000. The maximum absolute atomic E-state index is 13.9. The summed E-state index contributed by atoms with van der Waals surface area (Å²) in [6.07, 6.45) is 3.04. The van der Waals surface area contributed by atoms with Gasteiger partial charge in [0.1, 0.15) is 0 Å². The molecule has 0 bridgehead atoms. The minimum atomic E-state index is -0.781. The molecule has 0 radical (unpaired) electrons. The Kier molecular flexibility index (Phi) is 4.86. The van der Waals surface area contributed by atoms with E-state index in [2.05, 4.69) is 11.2 Å². The first-order valence-corrected chi connectivity index (χ1v) is 9.29. The van der Waals surface area contributed by atoms with Gasteiger partial charge in [-0.2, -0.15) is 5.10 Å². The second kappa shape index (κ2) is 7.46. The smallest absolute Gasteiger partial charge is 0.263 e. The van der Waals surface area contributed by atoms with E-state index in [1.54, 1.807) is 28.6 Å². The molecule has 2 heterocycles. The third-order valence-corrected chi connectivity index (χ3v) is 5.12. The monoisotopic (exact) mass is 379 g/mol. The second-order valence-electron chi connectivity index (χ2n) is 7.11. The fourth-order valence-electron chi connectivity index (χ4n) is 3.72. The van der Waals surface area contributed by atoms with Crippen LogP contribution in [0.3, 0.4) is 0 Å². The summed E-state index contributed by atoms with van der Waals surface area (Å²) >= 11 is 0. The van der Waals surface area contributed by atoms with Gasteiger partial charge in [-0.1, -0.05) is 36.4 Å². The van der Waals surface area contributed by atoms with Crippen molar-refractivity contribution in [1.82, 2.24) is 14.7 Å². The van der Waals surface area contributed by atoms with Gasteiger partial charge in [0, 0.05) is 32.3 Å². The van der Waals surface area contributed by atoms with Crippen LogP contribution < -0.4 is 4.74 Å². The normalized spacial score (nSPS) is 17.1. The number of nitrogens with zero attached hydrogens (tertiary/aromatic N) is 3. The first kappa shape index (κ1) is 18.2. The summed E-state index contributed by atoms with van der Waals surface area (Å²) in [5.41, 5.74) is 3.38. The van der Waals surface area contributed by atoms with E-state index in [-0.39, 0.29) is 17.6 Å². The molecule has 2 aromatic carbocycles. The number of hydrogen-bond donors (Lipinski definition) is 0. The number of amides is 1. The van der Waals surface area contributed by atoms with Crippen molar-refractivity contribution in [2.45, 2.75) is 25.5 Å². The van der Waals surface area contributed by atoms with Crippen molar-refractivity contribution in [3.8, 4) is 5.75 Å². The van der Waals surface area contributed by atoms with Crippen LogP contribution in [0.15, 0.2) is 60.9 Å². The van der Waals surface area contributed by atoms with Crippen LogP contribution in [0.2, 0.25) is 0 Å². The molecule has 144 valence electrons. The maximum atomic E-state index is 13.9. The van der Waals surface area contributed by atoms with Gasteiger partial charge < -0.3 is 9.64 Å². The molecule has 1 aromatic heterocycles.